The molecule has 1 aromatic heterocycles. The zero-order valence-corrected chi connectivity index (χ0v) is 15.0. The van der Waals surface area contributed by atoms with Gasteiger partial charge in [0.25, 0.3) is 0 Å². The van der Waals surface area contributed by atoms with Gasteiger partial charge in [0.2, 0.25) is 11.8 Å². The highest BCUT2D eigenvalue weighted by atomic mass is 32.1. The molecule has 1 fully saturated rings. The second kappa shape index (κ2) is 7.25. The van der Waals surface area contributed by atoms with Crippen molar-refractivity contribution < 1.29 is 9.59 Å². The molecule has 4 rings (SSSR count). The Labute approximate surface area is 155 Å². The number of nitrogens with zero attached hydrogens (tertiary/aromatic N) is 2. The van der Waals surface area contributed by atoms with Crippen molar-refractivity contribution in [2.45, 2.75) is 12.8 Å². The first kappa shape index (κ1) is 16.7. The molecule has 1 N–H and O–H groups in total. The van der Waals surface area contributed by atoms with E-state index in [4.69, 9.17) is 0 Å². The van der Waals surface area contributed by atoms with Gasteiger partial charge in [-0.3, -0.25) is 9.59 Å². The topological polar surface area (TPSA) is 62.3 Å². The molecule has 1 aliphatic heterocycles. The average molecular weight is 365 g/mol. The molecule has 1 saturated heterocycles. The van der Waals surface area contributed by atoms with Gasteiger partial charge in [0, 0.05) is 19.5 Å². The zero-order valence-electron chi connectivity index (χ0n) is 14.2. The number of aromatic nitrogens is 1. The van der Waals surface area contributed by atoms with E-state index in [2.05, 4.69) is 22.4 Å². The van der Waals surface area contributed by atoms with Crippen LogP contribution in [0.3, 0.4) is 0 Å². The van der Waals surface area contributed by atoms with Gasteiger partial charge in [0.1, 0.15) is 0 Å². The number of rotatable bonds is 5. The third-order valence-corrected chi connectivity index (χ3v) is 5.57. The van der Waals surface area contributed by atoms with Crippen molar-refractivity contribution in [1.82, 2.24) is 9.88 Å². The largest absolute Gasteiger partial charge is 0.342 e. The maximum absolute atomic E-state index is 12.5. The third-order valence-electron chi connectivity index (χ3n) is 4.62. The molecule has 2 aromatic carbocycles. The lowest BCUT2D eigenvalue weighted by molar-refractivity contribution is -0.128. The van der Waals surface area contributed by atoms with Crippen LogP contribution in [-0.2, 0) is 16.0 Å². The number of anilines is 1. The molecule has 0 saturated carbocycles. The Bertz CT molecular complexity index is 905. The van der Waals surface area contributed by atoms with Crippen LogP contribution in [0.25, 0.3) is 10.2 Å². The highest BCUT2D eigenvalue weighted by molar-refractivity contribution is 7.22. The van der Waals surface area contributed by atoms with Crippen molar-refractivity contribution >= 4 is 38.5 Å². The Balaban J connectivity index is 1.36. The van der Waals surface area contributed by atoms with E-state index < -0.39 is 0 Å². The highest BCUT2D eigenvalue weighted by Crippen LogP contribution is 2.27. The molecule has 132 valence electrons. The predicted octanol–water partition coefficient (Wildman–Crippen LogP) is 3.33. The zero-order chi connectivity index (χ0) is 17.9. The quantitative estimate of drug-likeness (QED) is 0.754. The third kappa shape index (κ3) is 3.60. The molecule has 0 spiro atoms. The summed E-state index contributed by atoms with van der Waals surface area (Å²) in [6, 6.07) is 17.9. The van der Waals surface area contributed by atoms with Crippen molar-refractivity contribution in [2.75, 3.05) is 18.4 Å². The second-order valence-electron chi connectivity index (χ2n) is 6.45. The fraction of sp³-hybridized carbons (Fsp3) is 0.250. The minimum atomic E-state index is -0.315. The van der Waals surface area contributed by atoms with E-state index in [0.29, 0.717) is 18.2 Å². The molecule has 1 aliphatic rings. The maximum atomic E-state index is 12.5. The van der Waals surface area contributed by atoms with E-state index in [1.54, 1.807) is 4.90 Å². The molecule has 1 atom stereocenters. The summed E-state index contributed by atoms with van der Waals surface area (Å²) in [6.07, 6.45) is 1.07. The summed E-state index contributed by atoms with van der Waals surface area (Å²) in [6.45, 7) is 1.12. The van der Waals surface area contributed by atoms with E-state index in [-0.39, 0.29) is 24.2 Å². The summed E-state index contributed by atoms with van der Waals surface area (Å²) in [4.78, 5) is 31.0. The van der Waals surface area contributed by atoms with Gasteiger partial charge in [0.05, 0.1) is 16.1 Å². The Morgan fingerprint density at radius 3 is 2.73 bits per heavy atom. The van der Waals surface area contributed by atoms with E-state index in [9.17, 15) is 9.59 Å². The van der Waals surface area contributed by atoms with Crippen LogP contribution < -0.4 is 5.32 Å². The number of thiazole rings is 1. The summed E-state index contributed by atoms with van der Waals surface area (Å²) < 4.78 is 1.04. The highest BCUT2D eigenvalue weighted by Gasteiger charge is 2.34. The minimum absolute atomic E-state index is 0.0466. The van der Waals surface area contributed by atoms with Crippen molar-refractivity contribution in [3.8, 4) is 0 Å². The number of hydrogen-bond acceptors (Lipinski definition) is 4. The number of hydrogen-bond donors (Lipinski definition) is 1. The molecule has 2 amide bonds. The molecule has 26 heavy (non-hydrogen) atoms. The minimum Gasteiger partial charge on any atom is -0.342 e. The van der Waals surface area contributed by atoms with Crippen molar-refractivity contribution in [3.05, 3.63) is 60.2 Å². The molecule has 5 nitrogen and oxygen atoms in total. The Morgan fingerprint density at radius 1 is 1.15 bits per heavy atom. The van der Waals surface area contributed by atoms with Crippen LogP contribution in [0.4, 0.5) is 5.13 Å². The molecule has 0 aliphatic carbocycles. The van der Waals surface area contributed by atoms with Crippen LogP contribution in [-0.4, -0.2) is 34.8 Å². The van der Waals surface area contributed by atoms with E-state index in [1.807, 2.05) is 42.5 Å². The first-order valence-electron chi connectivity index (χ1n) is 8.67. The van der Waals surface area contributed by atoms with Crippen molar-refractivity contribution in [2.24, 2.45) is 5.92 Å². The van der Waals surface area contributed by atoms with Gasteiger partial charge in [-0.25, -0.2) is 4.98 Å². The number of para-hydroxylation sites is 1. The lowest BCUT2D eigenvalue weighted by Gasteiger charge is -2.16. The number of fused-ring (bicyclic) bond motifs is 1. The fourth-order valence-corrected chi connectivity index (χ4v) is 4.07. The maximum Gasteiger partial charge on any atom is 0.231 e. The van der Waals surface area contributed by atoms with Crippen LogP contribution in [0.2, 0.25) is 0 Å². The van der Waals surface area contributed by atoms with Gasteiger partial charge in [-0.05, 0) is 24.1 Å². The molecule has 0 bridgehead atoms. The van der Waals surface area contributed by atoms with Crippen LogP contribution in [0, 0.1) is 5.92 Å². The number of nitrogens with one attached hydrogen (secondary N) is 1. The number of carbonyl (C=O) groups excluding carboxylic acids is 2. The number of carbonyl (C=O) groups is 2. The number of likely N-dealkylation sites (tertiary alicyclic amines) is 1. The van der Waals surface area contributed by atoms with Gasteiger partial charge in [-0.15, -0.1) is 0 Å². The first-order valence-corrected chi connectivity index (χ1v) is 9.49. The Hall–Kier alpha value is -2.73. The van der Waals surface area contributed by atoms with Gasteiger partial charge in [0.15, 0.2) is 5.13 Å². The summed E-state index contributed by atoms with van der Waals surface area (Å²) in [5, 5.41) is 3.47. The summed E-state index contributed by atoms with van der Waals surface area (Å²) in [5.41, 5.74) is 2.07. The molecule has 2 heterocycles. The number of amides is 2. The first-order chi connectivity index (χ1) is 12.7. The Kier molecular flexibility index (Phi) is 4.67. The van der Waals surface area contributed by atoms with Gasteiger partial charge in [-0.2, -0.15) is 0 Å². The standard InChI is InChI=1S/C20H19N3O2S/c24-18-12-15(13-23(18)11-10-14-6-2-1-3-7-14)19(25)22-20-21-16-8-4-5-9-17(16)26-20/h1-9,15H,10-13H2,(H,21,22,25). The van der Waals surface area contributed by atoms with Gasteiger partial charge >= 0.3 is 0 Å². The molecule has 1 unspecified atom stereocenters. The molecular weight excluding hydrogens is 346 g/mol. The Morgan fingerprint density at radius 2 is 1.92 bits per heavy atom. The van der Waals surface area contributed by atoms with Crippen LogP contribution in [0.5, 0.6) is 0 Å². The molecular formula is C20H19N3O2S. The lowest BCUT2D eigenvalue weighted by atomic mass is 10.1. The number of benzene rings is 2. The van der Waals surface area contributed by atoms with Crippen molar-refractivity contribution in [3.63, 3.8) is 0 Å². The summed E-state index contributed by atoms with van der Waals surface area (Å²) in [5.74, 6) is -0.393. The lowest BCUT2D eigenvalue weighted by Crippen LogP contribution is -2.30. The second-order valence-corrected chi connectivity index (χ2v) is 7.48. The van der Waals surface area contributed by atoms with Crippen LogP contribution >= 0.6 is 11.3 Å². The smallest absolute Gasteiger partial charge is 0.231 e. The SMILES string of the molecule is O=C(Nc1nc2ccccc2s1)C1CC(=O)N(CCc2ccccc2)C1. The van der Waals surface area contributed by atoms with Crippen LogP contribution in [0.1, 0.15) is 12.0 Å². The fourth-order valence-electron chi connectivity index (χ4n) is 3.21. The predicted molar refractivity (Wildman–Crippen MR) is 103 cm³/mol. The van der Waals surface area contributed by atoms with E-state index >= 15 is 0 Å². The normalized spacial score (nSPS) is 17.0. The van der Waals surface area contributed by atoms with E-state index in [1.165, 1.54) is 16.9 Å². The average Bonchev–Trinajstić information content (AvgIpc) is 3.23. The molecule has 0 radical (unpaired) electrons. The molecule has 6 heteroatoms. The monoisotopic (exact) mass is 365 g/mol. The van der Waals surface area contributed by atoms with E-state index in [0.717, 1.165) is 16.6 Å². The van der Waals surface area contributed by atoms with Gasteiger partial charge < -0.3 is 10.2 Å². The van der Waals surface area contributed by atoms with Crippen LogP contribution in [0.15, 0.2) is 54.6 Å². The summed E-state index contributed by atoms with van der Waals surface area (Å²) in [7, 11) is 0. The molecule has 3 aromatic rings. The summed E-state index contributed by atoms with van der Waals surface area (Å²) >= 11 is 1.45. The van der Waals surface area contributed by atoms with Gasteiger partial charge in [-0.1, -0.05) is 53.8 Å². The van der Waals surface area contributed by atoms with Crippen molar-refractivity contribution in [1.29, 1.82) is 0 Å².